The van der Waals surface area contributed by atoms with Crippen LogP contribution in [0.4, 0.5) is 18.0 Å². The Labute approximate surface area is 197 Å². The molecule has 12 heteroatoms. The minimum atomic E-state index is -4.60. The van der Waals surface area contributed by atoms with E-state index in [2.05, 4.69) is 15.0 Å². The number of likely N-dealkylation sites (tertiary alicyclic amines) is 2. The molecule has 0 aromatic heterocycles. The molecule has 4 N–H and O–H groups in total. The second kappa shape index (κ2) is 11.7. The number of hydrogen-bond donors (Lipinski definition) is 3. The molecule has 0 radical (unpaired) electrons. The molecule has 0 spiro atoms. The number of nitrogens with two attached hydrogens (primary N) is 1. The van der Waals surface area contributed by atoms with Gasteiger partial charge in [-0.3, -0.25) is 14.9 Å². The summed E-state index contributed by atoms with van der Waals surface area (Å²) in [5.74, 6) is 0.840. The fourth-order valence-corrected chi connectivity index (χ4v) is 5.05. The highest BCUT2D eigenvalue weighted by atomic mass is 19.4. The number of alkyl halides is 3. The second-order valence-corrected chi connectivity index (χ2v) is 9.20. The number of fused-ring (bicyclic) bond motifs is 1. The van der Waals surface area contributed by atoms with Gasteiger partial charge in [0.05, 0.1) is 12.6 Å². The number of nitrogens with one attached hydrogen (secondary N) is 2. The molecule has 0 aromatic carbocycles. The van der Waals surface area contributed by atoms with E-state index >= 15 is 0 Å². The van der Waals surface area contributed by atoms with Gasteiger partial charge in [0.25, 0.3) is 0 Å². The topological polar surface area (TPSA) is 124 Å². The Morgan fingerprint density at radius 1 is 1.06 bits per heavy atom. The summed E-state index contributed by atoms with van der Waals surface area (Å²) in [6.45, 7) is 2.57. The Kier molecular flexibility index (Phi) is 8.92. The average molecular weight is 487 g/mol. The quantitative estimate of drug-likeness (QED) is 0.303. The predicted octanol–water partition coefficient (Wildman–Crippen LogP) is 2.48. The lowest BCUT2D eigenvalue weighted by molar-refractivity contribution is -0.345. The van der Waals surface area contributed by atoms with Gasteiger partial charge in [-0.05, 0) is 62.4 Å². The maximum Gasteiger partial charge on any atom is 0.522 e. The van der Waals surface area contributed by atoms with Gasteiger partial charge >= 0.3 is 12.4 Å². The number of carbonyl (C=O) groups excluding carboxylic acids is 2. The van der Waals surface area contributed by atoms with E-state index < -0.39 is 12.5 Å². The van der Waals surface area contributed by atoms with Crippen LogP contribution in [0.3, 0.4) is 0 Å². The van der Waals surface area contributed by atoms with Crippen molar-refractivity contribution in [2.75, 3.05) is 32.7 Å². The van der Waals surface area contributed by atoms with E-state index in [0.717, 1.165) is 19.2 Å². The molecular weight excluding hydrogens is 453 g/mol. The summed E-state index contributed by atoms with van der Waals surface area (Å²) in [7, 11) is 0. The first kappa shape index (κ1) is 26.0. The summed E-state index contributed by atoms with van der Waals surface area (Å²) in [5.41, 5.74) is 5.59. The Hall–Kier alpha value is -2.63. The van der Waals surface area contributed by atoms with Gasteiger partial charge in [-0.2, -0.15) is 0 Å². The zero-order valence-electron chi connectivity index (χ0n) is 19.1. The monoisotopic (exact) mass is 486 g/mol. The Balaban J connectivity index is 1.40. The molecule has 2 aliphatic heterocycles. The van der Waals surface area contributed by atoms with Crippen LogP contribution in [0.25, 0.3) is 0 Å². The van der Waals surface area contributed by atoms with E-state index in [9.17, 15) is 22.8 Å². The van der Waals surface area contributed by atoms with E-state index in [1.165, 1.54) is 0 Å². The third kappa shape index (κ3) is 7.71. The molecule has 34 heavy (non-hydrogen) atoms. The molecule has 2 heterocycles. The zero-order valence-corrected chi connectivity index (χ0v) is 19.1. The molecule has 3 amide bonds. The summed E-state index contributed by atoms with van der Waals surface area (Å²) in [4.78, 5) is 32.3. The van der Waals surface area contributed by atoms with Gasteiger partial charge in [0, 0.05) is 26.2 Å². The molecule has 190 valence electrons. The molecule has 3 fully saturated rings. The van der Waals surface area contributed by atoms with Gasteiger partial charge in [0.2, 0.25) is 5.91 Å². The minimum absolute atomic E-state index is 0.0656. The Bertz CT molecular complexity index is 779. The smallest absolute Gasteiger partial charge is 0.386 e. The lowest BCUT2D eigenvalue weighted by Gasteiger charge is -2.27. The number of allylic oxidation sites excluding steroid dienone is 1. The molecule has 3 rings (SSSR count). The van der Waals surface area contributed by atoms with E-state index in [4.69, 9.17) is 11.1 Å². The minimum Gasteiger partial charge on any atom is -0.386 e. The van der Waals surface area contributed by atoms with Crippen molar-refractivity contribution >= 4 is 24.1 Å². The molecule has 9 nitrogen and oxygen atoms in total. The summed E-state index contributed by atoms with van der Waals surface area (Å²) in [5, 5.41) is 9.60. The summed E-state index contributed by atoms with van der Waals surface area (Å²) in [6, 6.07) is -0.206. The van der Waals surface area contributed by atoms with E-state index in [1.807, 2.05) is 11.0 Å². The fraction of sp³-hybridized carbons (Fsp3) is 0.727. The second-order valence-electron chi connectivity index (χ2n) is 9.20. The van der Waals surface area contributed by atoms with Crippen molar-refractivity contribution in [2.24, 2.45) is 28.5 Å². The number of nitrogens with zero attached hydrogens (tertiary/aromatic N) is 3. The van der Waals surface area contributed by atoms with Gasteiger partial charge in [-0.1, -0.05) is 6.08 Å². The molecule has 0 bridgehead atoms. The van der Waals surface area contributed by atoms with Crippen LogP contribution in [-0.4, -0.2) is 79.1 Å². The highest BCUT2D eigenvalue weighted by molar-refractivity contribution is 5.91. The number of urea groups is 1. The van der Waals surface area contributed by atoms with E-state index in [1.54, 1.807) is 11.0 Å². The largest absolute Gasteiger partial charge is 0.522 e. The van der Waals surface area contributed by atoms with Gasteiger partial charge in [-0.25, -0.2) is 9.79 Å². The number of ether oxygens (including phenoxy) is 1. The highest BCUT2D eigenvalue weighted by Crippen LogP contribution is 2.33. The highest BCUT2D eigenvalue weighted by Gasteiger charge is 2.38. The van der Waals surface area contributed by atoms with Crippen LogP contribution in [0.15, 0.2) is 17.1 Å². The average Bonchev–Trinajstić information content (AvgIpc) is 3.09. The number of amides is 3. The van der Waals surface area contributed by atoms with Crippen LogP contribution in [-0.2, 0) is 9.53 Å². The van der Waals surface area contributed by atoms with Crippen LogP contribution >= 0.6 is 0 Å². The van der Waals surface area contributed by atoms with Crippen molar-refractivity contribution in [1.29, 1.82) is 5.41 Å². The van der Waals surface area contributed by atoms with Crippen molar-refractivity contribution < 1.29 is 27.5 Å². The molecule has 0 aromatic rings. The molecule has 2 saturated heterocycles. The van der Waals surface area contributed by atoms with Gasteiger partial charge in [0.1, 0.15) is 12.2 Å². The molecule has 2 unspecified atom stereocenters. The first-order chi connectivity index (χ1) is 16.1. The summed E-state index contributed by atoms with van der Waals surface area (Å²) >= 11 is 0. The number of hydrogen-bond acceptors (Lipinski definition) is 4. The van der Waals surface area contributed by atoms with Crippen LogP contribution in [0, 0.1) is 23.2 Å². The lowest BCUT2D eigenvalue weighted by Crippen LogP contribution is -2.43. The number of rotatable bonds is 6. The summed E-state index contributed by atoms with van der Waals surface area (Å²) < 4.78 is 41.1. The van der Waals surface area contributed by atoms with Crippen LogP contribution in [0.5, 0.6) is 0 Å². The third-order valence-corrected chi connectivity index (χ3v) is 6.90. The molecular formula is C22H33F3N6O3. The molecule has 1 aliphatic carbocycles. The predicted molar refractivity (Wildman–Crippen MR) is 120 cm³/mol. The standard InChI is InChI=1S/C22H33F3N6O3/c23-22(24,25)34-18-4-1-15(2-5-18)3-6-20(32)30-9-7-16-12-31(13-17(16)8-10-30)21(33)28-11-19(27)29-14-26/h3,6,14-18H,1-2,4-5,7-13H2,(H,28,33)(H3,26,27,29). The normalized spacial score (nSPS) is 28.5. The van der Waals surface area contributed by atoms with Crippen molar-refractivity contribution in [3.63, 3.8) is 0 Å². The zero-order chi connectivity index (χ0) is 24.7. The number of carbonyl (C=O) groups is 2. The number of aliphatic imine (C=N–C) groups is 1. The molecule has 3 aliphatic rings. The van der Waals surface area contributed by atoms with Crippen LogP contribution in [0.1, 0.15) is 38.5 Å². The van der Waals surface area contributed by atoms with Crippen LogP contribution in [0.2, 0.25) is 0 Å². The van der Waals surface area contributed by atoms with Crippen molar-refractivity contribution in [1.82, 2.24) is 15.1 Å². The van der Waals surface area contributed by atoms with Gasteiger partial charge in [-0.15, -0.1) is 13.2 Å². The fourth-order valence-electron chi connectivity index (χ4n) is 5.05. The van der Waals surface area contributed by atoms with Crippen molar-refractivity contribution in [3.05, 3.63) is 12.2 Å². The van der Waals surface area contributed by atoms with Crippen molar-refractivity contribution in [3.8, 4) is 0 Å². The maximum atomic E-state index is 12.7. The van der Waals surface area contributed by atoms with Gasteiger partial charge < -0.3 is 20.9 Å². The Morgan fingerprint density at radius 2 is 1.68 bits per heavy atom. The number of halogens is 3. The Morgan fingerprint density at radius 3 is 2.24 bits per heavy atom. The van der Waals surface area contributed by atoms with Gasteiger partial charge in [0.15, 0.2) is 0 Å². The van der Waals surface area contributed by atoms with Crippen molar-refractivity contribution in [2.45, 2.75) is 51.0 Å². The SMILES string of the molecule is N=CN=C(N)CNC(=O)N1CC2CCN(C(=O)C=CC3CCC(OC(F)(F)F)CC3)CCC2C1. The molecule has 2 atom stereocenters. The summed E-state index contributed by atoms with van der Waals surface area (Å²) in [6.07, 6.45) is 2.28. The lowest BCUT2D eigenvalue weighted by atomic mass is 9.87. The van der Waals surface area contributed by atoms with Crippen LogP contribution < -0.4 is 11.1 Å². The number of amidine groups is 1. The first-order valence-corrected chi connectivity index (χ1v) is 11.7. The third-order valence-electron chi connectivity index (χ3n) is 6.90. The first-order valence-electron chi connectivity index (χ1n) is 11.7. The van der Waals surface area contributed by atoms with E-state index in [-0.39, 0.29) is 30.2 Å². The molecule has 1 saturated carbocycles. The van der Waals surface area contributed by atoms with E-state index in [0.29, 0.717) is 63.7 Å². The maximum absolute atomic E-state index is 12.7.